The number of thiophene rings is 1. The van der Waals surface area contributed by atoms with Crippen molar-refractivity contribution in [3.8, 4) is 17.2 Å². The first-order valence-corrected chi connectivity index (χ1v) is 12.1. The molecule has 12 heteroatoms. The van der Waals surface area contributed by atoms with Gasteiger partial charge in [-0.1, -0.05) is 24.3 Å². The maximum Gasteiger partial charge on any atom is 0.435 e. The van der Waals surface area contributed by atoms with Crippen molar-refractivity contribution in [2.24, 2.45) is 0 Å². The molecule has 0 aliphatic carbocycles. The van der Waals surface area contributed by atoms with Crippen LogP contribution in [0.3, 0.4) is 0 Å². The van der Waals surface area contributed by atoms with Crippen LogP contribution in [0.25, 0.3) is 11.1 Å². The monoisotopic (exact) mass is 538 g/mol. The van der Waals surface area contributed by atoms with Crippen LogP contribution in [-0.4, -0.2) is 39.3 Å². The Morgan fingerprint density at radius 1 is 1.22 bits per heavy atom. The lowest BCUT2D eigenvalue weighted by Gasteiger charge is -2.35. The van der Waals surface area contributed by atoms with Gasteiger partial charge in [0.1, 0.15) is 23.1 Å². The zero-order valence-corrected chi connectivity index (χ0v) is 21.0. The van der Waals surface area contributed by atoms with E-state index in [2.05, 4.69) is 11.2 Å². The fraction of sp³-hybridized carbons (Fsp3) is 0.400. The summed E-state index contributed by atoms with van der Waals surface area (Å²) < 4.78 is 73.7. The average molecular weight is 539 g/mol. The molecule has 1 atom stereocenters. The number of nitriles is 1. The summed E-state index contributed by atoms with van der Waals surface area (Å²) in [6.07, 6.45) is -7.39. The molecule has 0 unspecified atom stereocenters. The second-order valence-corrected chi connectivity index (χ2v) is 10.7. The smallest absolute Gasteiger partial charge is 0.435 e. The average Bonchev–Trinajstić information content (AvgIpc) is 3.40. The van der Waals surface area contributed by atoms with E-state index >= 15 is 0 Å². The number of hydrogen-bond donors (Lipinski definition) is 0. The third kappa shape index (κ3) is 5.77. The molecule has 0 saturated heterocycles. The third-order valence-electron chi connectivity index (χ3n) is 5.70. The minimum Gasteiger partial charge on any atom is -0.444 e. The summed E-state index contributed by atoms with van der Waals surface area (Å²) in [5, 5.41) is 12.9. The molecule has 1 aliphatic rings. The molecular weight excluding hydrogens is 515 g/mol. The largest absolute Gasteiger partial charge is 0.444 e. The van der Waals surface area contributed by atoms with Crippen molar-refractivity contribution in [2.45, 2.75) is 58.0 Å². The first-order valence-electron chi connectivity index (χ1n) is 11.3. The zero-order valence-electron chi connectivity index (χ0n) is 20.1. The van der Waals surface area contributed by atoms with Crippen LogP contribution in [0.5, 0.6) is 0 Å². The number of carbonyl (C=O) groups is 1. The molecule has 196 valence electrons. The number of amides is 1. The lowest BCUT2D eigenvalue weighted by Crippen LogP contribution is -2.41. The molecule has 6 nitrogen and oxygen atoms in total. The quantitative estimate of drug-likeness (QED) is 0.349. The van der Waals surface area contributed by atoms with Gasteiger partial charge in [0.15, 0.2) is 5.69 Å². The van der Waals surface area contributed by atoms with Gasteiger partial charge in [0, 0.05) is 29.1 Å². The first kappa shape index (κ1) is 26.6. The molecule has 1 amide bonds. The van der Waals surface area contributed by atoms with E-state index in [9.17, 15) is 32.0 Å². The maximum atomic E-state index is 13.9. The van der Waals surface area contributed by atoms with E-state index in [1.54, 1.807) is 45.0 Å². The van der Waals surface area contributed by atoms with Crippen molar-refractivity contribution >= 4 is 17.4 Å². The number of fused-ring (bicyclic) bond motifs is 1. The van der Waals surface area contributed by atoms with Crippen molar-refractivity contribution in [1.29, 1.82) is 5.26 Å². The Hall–Kier alpha value is -3.46. The van der Waals surface area contributed by atoms with Crippen molar-refractivity contribution in [3.63, 3.8) is 0 Å². The molecule has 0 bridgehead atoms. The maximum absolute atomic E-state index is 13.9. The molecule has 0 radical (unpaired) electrons. The number of alkyl halides is 5. The Balaban J connectivity index is 1.85. The molecule has 1 aliphatic heterocycles. The first-order chi connectivity index (χ1) is 17.3. The van der Waals surface area contributed by atoms with Gasteiger partial charge in [-0.2, -0.15) is 23.5 Å². The molecule has 37 heavy (non-hydrogen) atoms. The molecule has 1 aromatic carbocycles. The van der Waals surface area contributed by atoms with E-state index in [1.807, 2.05) is 0 Å². The van der Waals surface area contributed by atoms with E-state index in [0.29, 0.717) is 15.1 Å². The van der Waals surface area contributed by atoms with Gasteiger partial charge in [-0.05, 0) is 43.5 Å². The summed E-state index contributed by atoms with van der Waals surface area (Å²) in [6, 6.07) is 10.1. The lowest BCUT2D eigenvalue weighted by atomic mass is 9.84. The highest BCUT2D eigenvalue weighted by molar-refractivity contribution is 7.12. The van der Waals surface area contributed by atoms with Crippen LogP contribution in [0, 0.1) is 11.3 Å². The highest BCUT2D eigenvalue weighted by Gasteiger charge is 2.40. The molecule has 4 rings (SSSR count). The number of aromatic nitrogens is 2. The lowest BCUT2D eigenvalue weighted by molar-refractivity contribution is -0.141. The van der Waals surface area contributed by atoms with E-state index < -0.39 is 42.5 Å². The topological polar surface area (TPSA) is 71.2 Å². The molecular formula is C25H23F5N4O2S. The highest BCUT2D eigenvalue weighted by atomic mass is 32.1. The van der Waals surface area contributed by atoms with Gasteiger partial charge in [0.25, 0.3) is 6.43 Å². The predicted octanol–water partition coefficient (Wildman–Crippen LogP) is 6.65. The Kier molecular flexibility index (Phi) is 7.03. The van der Waals surface area contributed by atoms with Gasteiger partial charge in [0.2, 0.25) is 0 Å². The minimum atomic E-state index is -4.88. The van der Waals surface area contributed by atoms with E-state index in [-0.39, 0.29) is 24.2 Å². The van der Waals surface area contributed by atoms with Crippen molar-refractivity contribution in [2.75, 3.05) is 6.54 Å². The second-order valence-electron chi connectivity index (χ2n) is 9.60. The zero-order chi connectivity index (χ0) is 27.1. The summed E-state index contributed by atoms with van der Waals surface area (Å²) in [5.74, 6) is -0.592. The standard InChI is InChI=1S/C25H23F5N4O2S/c1-24(2,3)36-23(35)33-10-18(17-8-14(9-31)37-20(17)12-33)15-6-4-5-7-16(15)19-11-34(13-21(26)27)32-22(19)25(28,29)30/h4-8,11,18,21H,10,12-13H2,1-3H3/t18-/m0/s1. The highest BCUT2D eigenvalue weighted by Crippen LogP contribution is 2.44. The molecule has 3 heterocycles. The van der Waals surface area contributed by atoms with Crippen LogP contribution in [0.1, 0.15) is 53.3 Å². The van der Waals surface area contributed by atoms with Gasteiger partial charge in [-0.15, -0.1) is 11.3 Å². The molecule has 2 aromatic heterocycles. The Morgan fingerprint density at radius 2 is 1.92 bits per heavy atom. The van der Waals surface area contributed by atoms with Gasteiger partial charge in [0.05, 0.1) is 6.54 Å². The third-order valence-corrected chi connectivity index (χ3v) is 6.74. The number of benzene rings is 1. The van der Waals surface area contributed by atoms with Crippen LogP contribution in [0.4, 0.5) is 26.7 Å². The van der Waals surface area contributed by atoms with Gasteiger partial charge >= 0.3 is 12.3 Å². The van der Waals surface area contributed by atoms with Crippen molar-refractivity contribution in [1.82, 2.24) is 14.7 Å². The summed E-state index contributed by atoms with van der Waals surface area (Å²) in [5.41, 5.74) is -1.05. The number of nitrogens with zero attached hydrogens (tertiary/aromatic N) is 4. The van der Waals surface area contributed by atoms with Gasteiger partial charge in [-0.25, -0.2) is 13.6 Å². The summed E-state index contributed by atoms with van der Waals surface area (Å²) >= 11 is 1.20. The van der Waals surface area contributed by atoms with Crippen LogP contribution in [0.15, 0.2) is 36.5 Å². The molecule has 3 aromatic rings. The molecule has 0 saturated carbocycles. The van der Waals surface area contributed by atoms with E-state index in [1.165, 1.54) is 22.3 Å². The number of rotatable bonds is 4. The molecule has 0 N–H and O–H groups in total. The fourth-order valence-electron chi connectivity index (χ4n) is 4.31. The van der Waals surface area contributed by atoms with Gasteiger partial charge < -0.3 is 9.64 Å². The molecule has 0 fully saturated rings. The molecule has 0 spiro atoms. The van der Waals surface area contributed by atoms with E-state index in [4.69, 9.17) is 4.74 Å². The van der Waals surface area contributed by atoms with Crippen LogP contribution < -0.4 is 0 Å². The van der Waals surface area contributed by atoms with Crippen LogP contribution >= 0.6 is 11.3 Å². The van der Waals surface area contributed by atoms with Crippen molar-refractivity contribution < 1.29 is 31.5 Å². The summed E-state index contributed by atoms with van der Waals surface area (Å²) in [4.78, 5) is 15.5. The summed E-state index contributed by atoms with van der Waals surface area (Å²) in [6.45, 7) is 4.47. The van der Waals surface area contributed by atoms with Crippen LogP contribution in [0.2, 0.25) is 0 Å². The predicted molar refractivity (Wildman–Crippen MR) is 126 cm³/mol. The van der Waals surface area contributed by atoms with Crippen LogP contribution in [-0.2, 0) is 24.0 Å². The van der Waals surface area contributed by atoms with Gasteiger partial charge in [-0.3, -0.25) is 4.68 Å². The fourth-order valence-corrected chi connectivity index (χ4v) is 5.35. The second kappa shape index (κ2) is 9.78. The Bertz CT molecular complexity index is 1350. The van der Waals surface area contributed by atoms with Crippen molar-refractivity contribution in [3.05, 3.63) is 63.1 Å². The van der Waals surface area contributed by atoms with E-state index in [0.717, 1.165) is 16.6 Å². The SMILES string of the molecule is CC(C)(C)OC(=O)N1Cc2sc(C#N)cc2[C@H](c2ccccc2-c2cn(CC(F)F)nc2C(F)(F)F)C1. The number of carbonyl (C=O) groups excluding carboxylic acids is 1. The Morgan fingerprint density at radius 3 is 2.54 bits per heavy atom. The number of ether oxygens (including phenoxy) is 1. The Labute approximate surface area is 213 Å². The number of halogens is 5. The minimum absolute atomic E-state index is 0.0903. The summed E-state index contributed by atoms with van der Waals surface area (Å²) in [7, 11) is 0. The normalized spacial score (nSPS) is 16.0. The number of hydrogen-bond acceptors (Lipinski definition) is 5.